The molecule has 18 heteroatoms. The van der Waals surface area contributed by atoms with E-state index < -0.39 is 109 Å². The zero-order valence-electron chi connectivity index (χ0n) is 37.9. The molecule has 0 aromatic rings. The number of aliphatic hydroxyl groups is 4. The van der Waals surface area contributed by atoms with Crippen molar-refractivity contribution in [3.8, 4) is 0 Å². The minimum Gasteiger partial charge on any atom is -0.464 e. The molecule has 3 saturated heterocycles. The molecule has 4 heterocycles. The van der Waals surface area contributed by atoms with E-state index in [2.05, 4.69) is 5.32 Å². The molecule has 354 valence electrons. The van der Waals surface area contributed by atoms with Crippen LogP contribution in [0.25, 0.3) is 0 Å². The van der Waals surface area contributed by atoms with E-state index in [1.165, 1.54) is 32.1 Å². The third-order valence-corrected chi connectivity index (χ3v) is 13.4. The summed E-state index contributed by atoms with van der Waals surface area (Å²) in [6, 6.07) is -1.22. The Balaban J connectivity index is 1.67. The predicted octanol–water partition coefficient (Wildman–Crippen LogP) is 2.23. The molecule has 0 aromatic carbocycles. The summed E-state index contributed by atoms with van der Waals surface area (Å²) in [5.74, 6) is -2.49. The minimum atomic E-state index is -1.26. The molecule has 4 aliphatic heterocycles. The van der Waals surface area contributed by atoms with Crippen LogP contribution in [0.5, 0.6) is 0 Å². The van der Waals surface area contributed by atoms with Crippen LogP contribution in [0.3, 0.4) is 0 Å². The van der Waals surface area contributed by atoms with Crippen molar-refractivity contribution in [3.05, 3.63) is 34.9 Å². The summed E-state index contributed by atoms with van der Waals surface area (Å²) in [7, 11) is 6.42. The molecule has 0 amide bonds. The van der Waals surface area contributed by atoms with Crippen LogP contribution in [0.4, 0.5) is 0 Å². The van der Waals surface area contributed by atoms with E-state index in [1.54, 1.807) is 52.8 Å². The molecule has 17 atom stereocenters. The zero-order valence-corrected chi connectivity index (χ0v) is 38.7. The highest BCUT2D eigenvalue weighted by atomic mass is 32.2. The normalized spacial score (nSPS) is 41.3. The number of cyclic esters (lactones) is 1. The van der Waals surface area contributed by atoms with E-state index in [0.717, 1.165) is 5.03 Å². The van der Waals surface area contributed by atoms with Crippen LogP contribution in [-0.2, 0) is 52.3 Å². The number of hydrogen-bond donors (Lipinski definition) is 5. The van der Waals surface area contributed by atoms with Crippen molar-refractivity contribution >= 4 is 29.5 Å². The highest BCUT2D eigenvalue weighted by Crippen LogP contribution is 2.33. The van der Waals surface area contributed by atoms with Gasteiger partial charge in [0.1, 0.15) is 36.6 Å². The Morgan fingerprint density at radius 3 is 2.27 bits per heavy atom. The van der Waals surface area contributed by atoms with E-state index in [4.69, 9.17) is 37.9 Å². The molecule has 0 radical (unpaired) electrons. The third kappa shape index (κ3) is 13.8. The summed E-state index contributed by atoms with van der Waals surface area (Å²) in [4.78, 5) is 42.0. The van der Waals surface area contributed by atoms with Crippen molar-refractivity contribution < 1.29 is 72.7 Å². The lowest BCUT2D eigenvalue weighted by atomic mass is 9.86. The highest BCUT2D eigenvalue weighted by molar-refractivity contribution is 8.03. The van der Waals surface area contributed by atoms with Gasteiger partial charge in [-0.15, -0.1) is 11.8 Å². The van der Waals surface area contributed by atoms with Gasteiger partial charge >= 0.3 is 11.9 Å². The fourth-order valence-corrected chi connectivity index (χ4v) is 9.42. The van der Waals surface area contributed by atoms with Crippen molar-refractivity contribution in [2.75, 3.05) is 47.3 Å². The Morgan fingerprint density at radius 2 is 1.63 bits per heavy atom. The van der Waals surface area contributed by atoms with Crippen molar-refractivity contribution in [2.24, 2.45) is 17.8 Å². The smallest absolute Gasteiger partial charge is 0.329 e. The first-order valence-corrected chi connectivity index (χ1v) is 22.8. The first-order valence-electron chi connectivity index (χ1n) is 21.8. The molecule has 4 rings (SSSR count). The van der Waals surface area contributed by atoms with E-state index >= 15 is 0 Å². The van der Waals surface area contributed by atoms with Crippen molar-refractivity contribution in [2.45, 2.75) is 159 Å². The molecule has 17 nitrogen and oxygen atoms in total. The molecular formula is C44H72N2O15S. The van der Waals surface area contributed by atoms with E-state index in [1.807, 2.05) is 26.0 Å². The summed E-state index contributed by atoms with van der Waals surface area (Å²) in [5, 5.41) is 48.6. The number of esters is 2. The number of ether oxygens (including phenoxy) is 8. The van der Waals surface area contributed by atoms with E-state index in [9.17, 15) is 34.8 Å². The largest absolute Gasteiger partial charge is 0.464 e. The van der Waals surface area contributed by atoms with Crippen LogP contribution in [0.2, 0.25) is 0 Å². The second kappa shape index (κ2) is 24.7. The first kappa shape index (κ1) is 52.2. The summed E-state index contributed by atoms with van der Waals surface area (Å²) in [6.07, 6.45) is -3.10. The summed E-state index contributed by atoms with van der Waals surface area (Å²) >= 11 is 1.47. The van der Waals surface area contributed by atoms with Gasteiger partial charge in [-0.3, -0.25) is 9.59 Å². The topological polar surface area (TPSA) is 221 Å². The monoisotopic (exact) mass is 900 g/mol. The van der Waals surface area contributed by atoms with Crippen molar-refractivity contribution in [1.29, 1.82) is 0 Å². The number of aliphatic hydroxyl groups excluding tert-OH is 4. The number of hydrogen-bond acceptors (Lipinski definition) is 18. The fraction of sp³-hybridized carbons (Fsp3) is 0.795. The SMILES string of the molecule is CCOC(=O)C1CS/C(=C/C[C@@H]2CC[C@H](O[C@@H]3O[C@H](C)[C@@H](O)[C@H](N(C)C)[C@H]3O)[C@@H](C)[C@H](O)CC(=O)O[C@H](CC)[C@@H](CO[C@@H]3O[C@H](C)[C@@H](O)[C@@H](OC)[C@H]3OC)/C=C(C)/C=C/C2=O)N1. The molecule has 0 spiro atoms. The molecule has 0 aliphatic carbocycles. The van der Waals surface area contributed by atoms with Crippen molar-refractivity contribution in [3.63, 3.8) is 0 Å². The van der Waals surface area contributed by atoms with Gasteiger partial charge in [-0.2, -0.15) is 0 Å². The quantitative estimate of drug-likeness (QED) is 0.167. The lowest BCUT2D eigenvalue weighted by Gasteiger charge is -2.45. The molecule has 4 aliphatic rings. The lowest BCUT2D eigenvalue weighted by molar-refractivity contribution is -0.304. The molecule has 62 heavy (non-hydrogen) atoms. The van der Waals surface area contributed by atoms with Crippen LogP contribution < -0.4 is 5.32 Å². The van der Waals surface area contributed by atoms with Crippen LogP contribution in [-0.4, -0.2) is 176 Å². The number of thioether (sulfide) groups is 1. The van der Waals surface area contributed by atoms with Gasteiger partial charge in [0.05, 0.1) is 61.2 Å². The van der Waals surface area contributed by atoms with Gasteiger partial charge in [0, 0.05) is 37.7 Å². The van der Waals surface area contributed by atoms with Crippen molar-refractivity contribution in [1.82, 2.24) is 10.2 Å². The maximum atomic E-state index is 14.2. The van der Waals surface area contributed by atoms with Gasteiger partial charge in [-0.25, -0.2) is 4.79 Å². The number of nitrogens with one attached hydrogen (secondary N) is 1. The van der Waals surface area contributed by atoms with Gasteiger partial charge in [0.25, 0.3) is 0 Å². The minimum absolute atomic E-state index is 0.00198. The molecule has 0 bridgehead atoms. The van der Waals surface area contributed by atoms with E-state index in [-0.39, 0.29) is 44.2 Å². The van der Waals surface area contributed by atoms with Crippen LogP contribution >= 0.6 is 11.8 Å². The number of carbonyl (C=O) groups is 3. The average Bonchev–Trinajstić information content (AvgIpc) is 3.71. The maximum absolute atomic E-state index is 14.2. The molecule has 0 saturated carbocycles. The first-order chi connectivity index (χ1) is 29.4. The summed E-state index contributed by atoms with van der Waals surface area (Å²) < 4.78 is 47.2. The lowest BCUT2D eigenvalue weighted by Crippen LogP contribution is -2.62. The Hall–Kier alpha value is -2.46. The third-order valence-electron chi connectivity index (χ3n) is 12.3. The van der Waals surface area contributed by atoms with Gasteiger partial charge in [0.15, 0.2) is 18.4 Å². The van der Waals surface area contributed by atoms with Crippen LogP contribution in [0.15, 0.2) is 34.9 Å². The van der Waals surface area contributed by atoms with Gasteiger partial charge in [-0.05, 0) is 73.5 Å². The number of methoxy groups -OCH3 is 2. The average molecular weight is 901 g/mol. The van der Waals surface area contributed by atoms with Crippen LogP contribution in [0.1, 0.15) is 73.6 Å². The highest BCUT2D eigenvalue weighted by Gasteiger charge is 2.47. The molecule has 3 fully saturated rings. The maximum Gasteiger partial charge on any atom is 0.329 e. The number of rotatable bonds is 13. The van der Waals surface area contributed by atoms with Gasteiger partial charge in [-0.1, -0.05) is 37.6 Å². The Labute approximate surface area is 370 Å². The standard InChI is InChI=1S/C44H72N2O15S/c1-11-32-28(21-57-44-41(55-10)40(54-9)38(51)26(6)59-44)19-23(3)13-16-30(47)27(15-18-34-45-29(22-62-34)42(53)56-12-2)14-17-33(24(4)31(48)20-35(49)60-32)61-43-39(52)36(46(7)8)37(50)25(5)58-43/h13,16,18-19,24-29,31-33,36-41,43-45,48,50-52H,11-12,14-15,17,20-22H2,1-10H3/b16-13+,23-19+,34-18+/t24-,25+,26+,27-,28+,29?,31+,32+,33-,36-,37+,38+,39+,40+,41+,43-,44+/m0/s1. The summed E-state index contributed by atoms with van der Waals surface area (Å²) in [5.41, 5.74) is 0.701. The Bertz CT molecular complexity index is 1550. The van der Waals surface area contributed by atoms with Crippen LogP contribution in [0, 0.1) is 17.8 Å². The predicted molar refractivity (Wildman–Crippen MR) is 229 cm³/mol. The second-order valence-corrected chi connectivity index (χ2v) is 18.0. The molecule has 1 unspecified atom stereocenters. The number of carbonyl (C=O) groups excluding carboxylic acids is 3. The Kier molecular flexibility index (Phi) is 20.8. The second-order valence-electron chi connectivity index (χ2n) is 17.0. The molecule has 5 N–H and O–H groups in total. The fourth-order valence-electron chi connectivity index (χ4n) is 8.42. The Morgan fingerprint density at radius 1 is 0.952 bits per heavy atom. The number of ketones is 1. The number of nitrogens with zero attached hydrogens (tertiary/aromatic N) is 1. The number of likely N-dealkylation sites (N-methyl/N-ethyl adjacent to an activating group) is 1. The summed E-state index contributed by atoms with van der Waals surface area (Å²) in [6.45, 7) is 10.8. The van der Waals surface area contributed by atoms with E-state index in [0.29, 0.717) is 24.2 Å². The molecular weight excluding hydrogens is 829 g/mol. The number of allylic oxidation sites excluding steroid dienone is 4. The van der Waals surface area contributed by atoms with Gasteiger partial charge < -0.3 is 68.5 Å². The molecule has 0 aromatic heterocycles. The zero-order chi connectivity index (χ0) is 45.8. The van der Waals surface area contributed by atoms with Gasteiger partial charge in [0.2, 0.25) is 0 Å².